The van der Waals surface area contributed by atoms with E-state index >= 15 is 0 Å². The maximum Gasteiger partial charge on any atom is 0.229 e. The number of nitrogen functional groups attached to an aromatic ring is 1. The molecular weight excluding hydrogens is 322 g/mol. The van der Waals surface area contributed by atoms with E-state index in [1.807, 2.05) is 13.2 Å². The fraction of sp³-hybridized carbons (Fsp3) is 0.438. The first kappa shape index (κ1) is 15.3. The summed E-state index contributed by atoms with van der Waals surface area (Å²) >= 11 is 1.72. The SMILES string of the molecule is Cn1cc(Nc2nc(N)c3sc([C@H]4CC[C@@H](N)CC4)cc3n2)cn1. The zero-order valence-corrected chi connectivity index (χ0v) is 14.4. The third-order valence-corrected chi connectivity index (χ3v) is 5.86. The number of nitrogens with zero attached hydrogens (tertiary/aromatic N) is 4. The van der Waals surface area contributed by atoms with E-state index in [9.17, 15) is 0 Å². The highest BCUT2D eigenvalue weighted by Gasteiger charge is 2.22. The molecular formula is C16H21N7S. The Bertz CT molecular complexity index is 861. The smallest absolute Gasteiger partial charge is 0.229 e. The van der Waals surface area contributed by atoms with Crippen LogP contribution >= 0.6 is 11.3 Å². The van der Waals surface area contributed by atoms with Crippen LogP contribution in [0.5, 0.6) is 0 Å². The Labute approximate surface area is 144 Å². The average Bonchev–Trinajstić information content (AvgIpc) is 3.15. The van der Waals surface area contributed by atoms with Crippen LogP contribution in [0, 0.1) is 0 Å². The minimum Gasteiger partial charge on any atom is -0.382 e. The van der Waals surface area contributed by atoms with E-state index in [0.29, 0.717) is 23.7 Å². The minimum atomic E-state index is 0.357. The van der Waals surface area contributed by atoms with E-state index in [4.69, 9.17) is 11.5 Å². The van der Waals surface area contributed by atoms with E-state index in [1.54, 1.807) is 22.2 Å². The van der Waals surface area contributed by atoms with Gasteiger partial charge in [0, 0.05) is 24.2 Å². The second-order valence-corrected chi connectivity index (χ2v) is 7.52. The van der Waals surface area contributed by atoms with Gasteiger partial charge in [-0.2, -0.15) is 10.1 Å². The van der Waals surface area contributed by atoms with Crippen LogP contribution in [0.4, 0.5) is 17.5 Å². The predicted molar refractivity (Wildman–Crippen MR) is 97.5 cm³/mol. The number of aryl methyl sites for hydroxylation is 1. The van der Waals surface area contributed by atoms with Crippen LogP contribution in [0.2, 0.25) is 0 Å². The van der Waals surface area contributed by atoms with Gasteiger partial charge in [-0.3, -0.25) is 4.68 Å². The lowest BCUT2D eigenvalue weighted by atomic mass is 9.85. The highest BCUT2D eigenvalue weighted by molar-refractivity contribution is 7.19. The molecule has 8 heteroatoms. The van der Waals surface area contributed by atoms with Gasteiger partial charge in [0.15, 0.2) is 0 Å². The van der Waals surface area contributed by atoms with Crippen molar-refractivity contribution in [3.63, 3.8) is 0 Å². The van der Waals surface area contributed by atoms with Crippen LogP contribution in [-0.2, 0) is 7.05 Å². The van der Waals surface area contributed by atoms with Crippen molar-refractivity contribution in [1.29, 1.82) is 0 Å². The third kappa shape index (κ3) is 2.94. The van der Waals surface area contributed by atoms with E-state index in [0.717, 1.165) is 41.6 Å². The normalized spacial score (nSPS) is 21.2. The maximum absolute atomic E-state index is 6.16. The molecule has 0 atom stereocenters. The lowest BCUT2D eigenvalue weighted by Gasteiger charge is -2.24. The van der Waals surface area contributed by atoms with Gasteiger partial charge in [0.1, 0.15) is 5.82 Å². The van der Waals surface area contributed by atoms with Crippen LogP contribution in [0.25, 0.3) is 10.2 Å². The fourth-order valence-corrected chi connectivity index (χ4v) is 4.41. The number of rotatable bonds is 3. The molecule has 1 aliphatic carbocycles. The quantitative estimate of drug-likeness (QED) is 0.675. The molecule has 126 valence electrons. The van der Waals surface area contributed by atoms with Crippen LogP contribution in [0.1, 0.15) is 36.5 Å². The Kier molecular flexibility index (Phi) is 3.85. The van der Waals surface area contributed by atoms with Crippen molar-refractivity contribution in [3.05, 3.63) is 23.3 Å². The summed E-state index contributed by atoms with van der Waals surface area (Å²) in [4.78, 5) is 10.3. The Balaban J connectivity index is 1.62. The van der Waals surface area contributed by atoms with Crippen molar-refractivity contribution in [3.8, 4) is 0 Å². The molecule has 0 spiro atoms. The van der Waals surface area contributed by atoms with E-state index in [2.05, 4.69) is 26.4 Å². The van der Waals surface area contributed by atoms with Crippen LogP contribution < -0.4 is 16.8 Å². The first-order valence-corrected chi connectivity index (χ1v) is 8.98. The molecule has 3 aromatic rings. The summed E-state index contributed by atoms with van der Waals surface area (Å²) in [6, 6.07) is 2.52. The highest BCUT2D eigenvalue weighted by atomic mass is 32.1. The number of nitrogens with two attached hydrogens (primary N) is 2. The topological polar surface area (TPSA) is 108 Å². The number of nitrogens with one attached hydrogen (secondary N) is 1. The standard InChI is InChI=1S/C16H21N7S/c1-23-8-11(7-19-23)20-16-21-12-6-13(24-14(12)15(18)22-16)9-2-4-10(17)5-3-9/h6-10H,2-5,17H2,1H3,(H3,18,20,21,22)/t9-,10+. The average molecular weight is 343 g/mol. The first-order valence-electron chi connectivity index (χ1n) is 8.16. The summed E-state index contributed by atoms with van der Waals surface area (Å²) in [6.45, 7) is 0. The molecule has 5 N–H and O–H groups in total. The number of anilines is 3. The number of fused-ring (bicyclic) bond motifs is 1. The van der Waals surface area contributed by atoms with Gasteiger partial charge >= 0.3 is 0 Å². The summed E-state index contributed by atoms with van der Waals surface area (Å²) in [6.07, 6.45) is 8.06. The van der Waals surface area contributed by atoms with Crippen molar-refractivity contribution in [2.45, 2.75) is 37.6 Å². The van der Waals surface area contributed by atoms with Crippen molar-refractivity contribution in [2.24, 2.45) is 12.8 Å². The summed E-state index contributed by atoms with van der Waals surface area (Å²) in [5.41, 5.74) is 13.9. The molecule has 1 fully saturated rings. The van der Waals surface area contributed by atoms with Crippen LogP contribution in [0.15, 0.2) is 18.5 Å². The second kappa shape index (κ2) is 6.03. The number of thiophene rings is 1. The van der Waals surface area contributed by atoms with Gasteiger partial charge in [0.05, 0.1) is 22.1 Å². The van der Waals surface area contributed by atoms with Crippen LogP contribution in [-0.4, -0.2) is 25.8 Å². The molecule has 0 bridgehead atoms. The molecule has 3 heterocycles. The molecule has 7 nitrogen and oxygen atoms in total. The van der Waals surface area contributed by atoms with E-state index in [1.165, 1.54) is 4.88 Å². The largest absolute Gasteiger partial charge is 0.382 e. The Morgan fingerprint density at radius 1 is 1.25 bits per heavy atom. The van der Waals surface area contributed by atoms with Crippen LogP contribution in [0.3, 0.4) is 0 Å². The Morgan fingerprint density at radius 2 is 2.04 bits per heavy atom. The number of hydrogen-bond acceptors (Lipinski definition) is 7. The molecule has 4 rings (SSSR count). The second-order valence-electron chi connectivity index (χ2n) is 6.43. The lowest BCUT2D eigenvalue weighted by molar-refractivity contribution is 0.399. The van der Waals surface area contributed by atoms with Gasteiger partial charge in [-0.15, -0.1) is 11.3 Å². The molecule has 0 radical (unpaired) electrons. The van der Waals surface area contributed by atoms with E-state index < -0.39 is 0 Å². The van der Waals surface area contributed by atoms with Crippen molar-refractivity contribution < 1.29 is 0 Å². The van der Waals surface area contributed by atoms with Gasteiger partial charge in [0.2, 0.25) is 5.95 Å². The summed E-state index contributed by atoms with van der Waals surface area (Å²) in [5.74, 6) is 1.59. The Morgan fingerprint density at radius 3 is 2.75 bits per heavy atom. The molecule has 0 saturated heterocycles. The van der Waals surface area contributed by atoms with Gasteiger partial charge < -0.3 is 16.8 Å². The monoisotopic (exact) mass is 343 g/mol. The highest BCUT2D eigenvalue weighted by Crippen LogP contribution is 2.39. The summed E-state index contributed by atoms with van der Waals surface area (Å²) < 4.78 is 2.69. The molecule has 1 saturated carbocycles. The zero-order valence-electron chi connectivity index (χ0n) is 13.6. The molecule has 3 aromatic heterocycles. The first-order chi connectivity index (χ1) is 11.6. The molecule has 0 aromatic carbocycles. The fourth-order valence-electron chi connectivity index (χ4n) is 3.25. The minimum absolute atomic E-state index is 0.357. The summed E-state index contributed by atoms with van der Waals surface area (Å²) in [5, 5.41) is 7.28. The lowest BCUT2D eigenvalue weighted by Crippen LogP contribution is -2.25. The van der Waals surface area contributed by atoms with Gasteiger partial charge in [-0.25, -0.2) is 4.98 Å². The molecule has 0 amide bonds. The molecule has 24 heavy (non-hydrogen) atoms. The van der Waals surface area contributed by atoms with Crippen molar-refractivity contribution in [2.75, 3.05) is 11.1 Å². The predicted octanol–water partition coefficient (Wildman–Crippen LogP) is 2.74. The number of hydrogen-bond donors (Lipinski definition) is 3. The summed E-state index contributed by atoms with van der Waals surface area (Å²) in [7, 11) is 1.87. The Hall–Kier alpha value is -2.19. The number of aromatic nitrogens is 4. The van der Waals surface area contributed by atoms with Crippen molar-refractivity contribution in [1.82, 2.24) is 19.7 Å². The van der Waals surface area contributed by atoms with Gasteiger partial charge in [0.25, 0.3) is 0 Å². The third-order valence-electron chi connectivity index (χ3n) is 4.55. The molecule has 0 aliphatic heterocycles. The van der Waals surface area contributed by atoms with Crippen molar-refractivity contribution >= 4 is 39.0 Å². The van der Waals surface area contributed by atoms with Gasteiger partial charge in [-0.05, 0) is 37.7 Å². The molecule has 0 unspecified atom stereocenters. The maximum atomic E-state index is 6.16. The zero-order chi connectivity index (χ0) is 16.7. The van der Waals surface area contributed by atoms with Gasteiger partial charge in [-0.1, -0.05) is 0 Å². The molecule has 1 aliphatic rings. The van der Waals surface area contributed by atoms with E-state index in [-0.39, 0.29) is 0 Å².